The van der Waals surface area contributed by atoms with Crippen LogP contribution in [0, 0.1) is 27.2 Å². The average molecular weight is 343 g/mol. The van der Waals surface area contributed by atoms with E-state index >= 15 is 0 Å². The predicted molar refractivity (Wildman–Crippen MR) is 75.5 cm³/mol. The highest BCUT2D eigenvalue weighted by molar-refractivity contribution is 5.74. The number of benzene rings is 1. The van der Waals surface area contributed by atoms with Crippen molar-refractivity contribution in [1.82, 2.24) is 4.98 Å². The van der Waals surface area contributed by atoms with Crippen LogP contribution in [-0.4, -0.2) is 14.8 Å². The van der Waals surface area contributed by atoms with Crippen LogP contribution < -0.4 is 5.56 Å². The van der Waals surface area contributed by atoms with Gasteiger partial charge in [-0.05, 0) is 6.92 Å². The van der Waals surface area contributed by atoms with E-state index in [1.54, 1.807) is 0 Å². The zero-order valence-electron chi connectivity index (χ0n) is 11.9. The molecule has 0 aliphatic rings. The van der Waals surface area contributed by atoms with Gasteiger partial charge in [-0.2, -0.15) is 13.2 Å². The summed E-state index contributed by atoms with van der Waals surface area (Å²) in [5.74, 6) is 0. The number of hydrogen-bond donors (Lipinski definition) is 1. The third-order valence-corrected chi connectivity index (χ3v) is 3.24. The second kappa shape index (κ2) is 5.76. The first-order valence-electron chi connectivity index (χ1n) is 6.27. The number of aromatic nitrogens is 1. The minimum atomic E-state index is -5.14. The fourth-order valence-corrected chi connectivity index (χ4v) is 2.20. The van der Waals surface area contributed by atoms with Gasteiger partial charge in [0.1, 0.15) is 11.3 Å². The smallest absolute Gasteiger partial charge is 0.316 e. The van der Waals surface area contributed by atoms with Crippen molar-refractivity contribution in [2.24, 2.45) is 0 Å². The molecule has 0 spiro atoms. The summed E-state index contributed by atoms with van der Waals surface area (Å²) in [6, 6.07) is 4.17. The summed E-state index contributed by atoms with van der Waals surface area (Å²) in [6.45, 7) is 0.811. The number of non-ortho nitro benzene ring substituents is 1. The number of aromatic amines is 1. The quantitative estimate of drug-likeness (QED) is 0.678. The van der Waals surface area contributed by atoms with Crippen molar-refractivity contribution in [3.63, 3.8) is 0 Å². The van der Waals surface area contributed by atoms with E-state index in [0.29, 0.717) is 0 Å². The lowest BCUT2D eigenvalue weighted by atomic mass is 10.0. The Morgan fingerprint density at radius 1 is 1.12 bits per heavy atom. The monoisotopic (exact) mass is 343 g/mol. The van der Waals surface area contributed by atoms with Gasteiger partial charge >= 0.3 is 11.9 Å². The van der Waals surface area contributed by atoms with Gasteiger partial charge in [0.2, 0.25) is 0 Å². The molecule has 2 rings (SSSR count). The molecule has 8 nitrogen and oxygen atoms in total. The third-order valence-electron chi connectivity index (χ3n) is 3.24. The van der Waals surface area contributed by atoms with Crippen LogP contribution in [0.5, 0.6) is 0 Å². The summed E-state index contributed by atoms with van der Waals surface area (Å²) < 4.78 is 39.6. The van der Waals surface area contributed by atoms with Gasteiger partial charge < -0.3 is 4.98 Å². The molecule has 0 aliphatic carbocycles. The zero-order valence-corrected chi connectivity index (χ0v) is 11.9. The topological polar surface area (TPSA) is 119 Å². The largest absolute Gasteiger partial charge is 0.423 e. The van der Waals surface area contributed by atoms with Crippen molar-refractivity contribution < 1.29 is 23.0 Å². The van der Waals surface area contributed by atoms with Crippen LogP contribution in [-0.2, 0) is 6.18 Å². The van der Waals surface area contributed by atoms with E-state index in [1.807, 2.05) is 4.98 Å². The van der Waals surface area contributed by atoms with E-state index < -0.39 is 49.8 Å². The van der Waals surface area contributed by atoms with Gasteiger partial charge in [0.25, 0.3) is 11.2 Å². The minimum Gasteiger partial charge on any atom is -0.316 e. The highest BCUT2D eigenvalue weighted by atomic mass is 19.4. The average Bonchev–Trinajstić information content (AvgIpc) is 2.47. The van der Waals surface area contributed by atoms with Crippen molar-refractivity contribution in [2.75, 3.05) is 0 Å². The van der Waals surface area contributed by atoms with Gasteiger partial charge in [0.15, 0.2) is 0 Å². The van der Waals surface area contributed by atoms with Crippen LogP contribution in [0.25, 0.3) is 11.3 Å². The predicted octanol–water partition coefficient (Wildman–Crippen LogP) is 3.19. The molecule has 0 aliphatic heterocycles. The molecule has 0 saturated heterocycles. The molecule has 1 heterocycles. The summed E-state index contributed by atoms with van der Waals surface area (Å²) in [5, 5.41) is 22.0. The number of nitrogens with one attached hydrogen (secondary N) is 1. The highest BCUT2D eigenvalue weighted by Crippen LogP contribution is 2.41. The van der Waals surface area contributed by atoms with Gasteiger partial charge in [-0.3, -0.25) is 25.0 Å². The summed E-state index contributed by atoms with van der Waals surface area (Å²) in [4.78, 5) is 33.6. The van der Waals surface area contributed by atoms with E-state index in [0.717, 1.165) is 31.2 Å². The van der Waals surface area contributed by atoms with Gasteiger partial charge in [0.05, 0.1) is 9.85 Å². The van der Waals surface area contributed by atoms with E-state index in [-0.39, 0.29) is 5.56 Å². The van der Waals surface area contributed by atoms with E-state index in [2.05, 4.69) is 0 Å². The number of hydrogen-bond acceptors (Lipinski definition) is 5. The number of nitrogens with zero attached hydrogens (tertiary/aromatic N) is 2. The lowest BCUT2D eigenvalue weighted by Crippen LogP contribution is -2.22. The van der Waals surface area contributed by atoms with Crippen LogP contribution in [0.2, 0.25) is 0 Å². The maximum Gasteiger partial charge on any atom is 0.423 e. The van der Waals surface area contributed by atoms with Crippen LogP contribution >= 0.6 is 0 Å². The fourth-order valence-electron chi connectivity index (χ4n) is 2.20. The van der Waals surface area contributed by atoms with Crippen molar-refractivity contribution in [3.8, 4) is 11.3 Å². The van der Waals surface area contributed by atoms with Crippen LogP contribution in [0.1, 0.15) is 11.1 Å². The molecular formula is C13H8F3N3O5. The number of alkyl halides is 3. The summed E-state index contributed by atoms with van der Waals surface area (Å²) in [6.07, 6.45) is -5.14. The van der Waals surface area contributed by atoms with E-state index in [4.69, 9.17) is 0 Å². The Balaban J connectivity index is 2.92. The van der Waals surface area contributed by atoms with Crippen molar-refractivity contribution in [1.29, 1.82) is 0 Å². The Hall–Kier alpha value is -3.24. The van der Waals surface area contributed by atoms with Crippen molar-refractivity contribution in [2.45, 2.75) is 13.1 Å². The number of rotatable bonds is 3. The molecule has 11 heteroatoms. The third kappa shape index (κ3) is 2.95. The number of nitro benzene ring substituents is 1. The first-order valence-corrected chi connectivity index (χ1v) is 6.27. The molecule has 0 radical (unpaired) electrons. The first-order chi connectivity index (χ1) is 11.0. The lowest BCUT2D eigenvalue weighted by Gasteiger charge is -2.13. The Morgan fingerprint density at radius 2 is 1.75 bits per heavy atom. The van der Waals surface area contributed by atoms with Crippen LogP contribution in [0.3, 0.4) is 0 Å². The number of pyridine rings is 1. The number of H-pyrrole nitrogens is 1. The van der Waals surface area contributed by atoms with E-state index in [1.165, 1.54) is 0 Å². The fraction of sp³-hybridized carbons (Fsp3) is 0.154. The molecule has 24 heavy (non-hydrogen) atoms. The SMILES string of the molecule is Cc1c(C(F)(F)F)c([N+](=O)[O-])c(-c2cccc([N+](=O)[O-])c2)[nH]c1=O. The molecule has 0 unspecified atom stereocenters. The first kappa shape index (κ1) is 17.1. The number of nitro groups is 2. The minimum absolute atomic E-state index is 0.279. The molecule has 2 aromatic rings. The van der Waals surface area contributed by atoms with Gasteiger partial charge in [0, 0.05) is 23.3 Å². The Labute approximate surface area is 130 Å². The Morgan fingerprint density at radius 3 is 2.25 bits per heavy atom. The van der Waals surface area contributed by atoms with Crippen LogP contribution in [0.4, 0.5) is 24.5 Å². The Bertz CT molecular complexity index is 905. The molecule has 1 aromatic carbocycles. The second-order valence-corrected chi connectivity index (χ2v) is 4.74. The van der Waals surface area contributed by atoms with Crippen LogP contribution in [0.15, 0.2) is 29.1 Å². The maximum atomic E-state index is 13.2. The van der Waals surface area contributed by atoms with Gasteiger partial charge in [-0.25, -0.2) is 0 Å². The molecule has 0 atom stereocenters. The molecule has 1 N–H and O–H groups in total. The molecule has 1 aromatic heterocycles. The standard InChI is InChI=1S/C13H8F3N3O5/c1-6-9(13(14,15)16)11(19(23)24)10(17-12(6)20)7-3-2-4-8(5-7)18(21)22/h2-5H,1H3,(H,17,20). The van der Waals surface area contributed by atoms with E-state index in [9.17, 15) is 38.2 Å². The Kier molecular flexibility index (Phi) is 4.11. The molecule has 0 amide bonds. The normalized spacial score (nSPS) is 11.3. The van der Waals surface area contributed by atoms with Gasteiger partial charge in [-0.15, -0.1) is 0 Å². The summed E-state index contributed by atoms with van der Waals surface area (Å²) in [5.41, 5.74) is -6.59. The molecular weight excluding hydrogens is 335 g/mol. The molecule has 0 bridgehead atoms. The lowest BCUT2D eigenvalue weighted by molar-refractivity contribution is -0.387. The van der Waals surface area contributed by atoms with Crippen molar-refractivity contribution >= 4 is 11.4 Å². The summed E-state index contributed by atoms with van der Waals surface area (Å²) in [7, 11) is 0. The van der Waals surface area contributed by atoms with Crippen molar-refractivity contribution in [3.05, 3.63) is 66.0 Å². The summed E-state index contributed by atoms with van der Waals surface area (Å²) >= 11 is 0. The highest BCUT2D eigenvalue weighted by Gasteiger charge is 2.43. The zero-order chi connectivity index (χ0) is 18.2. The molecule has 0 fully saturated rings. The second-order valence-electron chi connectivity index (χ2n) is 4.74. The number of halogens is 3. The maximum absolute atomic E-state index is 13.2. The van der Waals surface area contributed by atoms with Gasteiger partial charge in [-0.1, -0.05) is 12.1 Å². The molecule has 0 saturated carbocycles. The molecule has 126 valence electrons.